The van der Waals surface area contributed by atoms with Gasteiger partial charge in [-0.2, -0.15) is 0 Å². The molecule has 4 rings (SSSR count). The van der Waals surface area contributed by atoms with Crippen LogP contribution in [0.1, 0.15) is 16.5 Å². The van der Waals surface area contributed by atoms with E-state index in [9.17, 15) is 9.18 Å². The molecule has 9 heteroatoms. The molecule has 0 aliphatic heterocycles. The molecule has 2 aromatic carbocycles. The van der Waals surface area contributed by atoms with Crippen molar-refractivity contribution in [3.63, 3.8) is 0 Å². The van der Waals surface area contributed by atoms with E-state index in [1.807, 2.05) is 41.8 Å². The summed E-state index contributed by atoms with van der Waals surface area (Å²) in [6.07, 6.45) is 1.59. The molecule has 0 unspecified atom stereocenters. The average Bonchev–Trinajstić information content (AvgIpc) is 3.49. The molecule has 158 valence electrons. The molecule has 0 aliphatic carbocycles. The summed E-state index contributed by atoms with van der Waals surface area (Å²) >= 11 is 2.81. The predicted molar refractivity (Wildman–Crippen MR) is 119 cm³/mol. The van der Waals surface area contributed by atoms with Crippen molar-refractivity contribution in [2.45, 2.75) is 11.2 Å². The lowest BCUT2D eigenvalue weighted by molar-refractivity contribution is -0.119. The Balaban J connectivity index is 1.48. The van der Waals surface area contributed by atoms with E-state index in [-0.39, 0.29) is 23.5 Å². The normalized spacial score (nSPS) is 11.8. The molecular formula is C22H19FN4O2S2. The van der Waals surface area contributed by atoms with Gasteiger partial charge in [-0.1, -0.05) is 42.1 Å². The molecule has 6 nitrogen and oxygen atoms in total. The van der Waals surface area contributed by atoms with E-state index >= 15 is 0 Å². The van der Waals surface area contributed by atoms with Gasteiger partial charge in [0.25, 0.3) is 0 Å². The number of benzene rings is 2. The molecule has 0 radical (unpaired) electrons. The van der Waals surface area contributed by atoms with Crippen LogP contribution in [0.2, 0.25) is 0 Å². The first-order valence-corrected chi connectivity index (χ1v) is 11.3. The zero-order valence-corrected chi connectivity index (χ0v) is 18.2. The number of halogens is 1. The fourth-order valence-electron chi connectivity index (χ4n) is 3.08. The zero-order chi connectivity index (χ0) is 21.6. The number of amides is 1. The summed E-state index contributed by atoms with van der Waals surface area (Å²) in [7, 11) is 1.60. The highest BCUT2D eigenvalue weighted by molar-refractivity contribution is 7.99. The van der Waals surface area contributed by atoms with Gasteiger partial charge in [-0.15, -0.1) is 21.5 Å². The lowest BCUT2D eigenvalue weighted by Crippen LogP contribution is -2.30. The van der Waals surface area contributed by atoms with Gasteiger partial charge in [0, 0.05) is 4.88 Å². The lowest BCUT2D eigenvalue weighted by Gasteiger charge is -2.18. The second-order valence-corrected chi connectivity index (χ2v) is 8.43. The first-order valence-electron chi connectivity index (χ1n) is 9.40. The first-order chi connectivity index (χ1) is 15.2. The van der Waals surface area contributed by atoms with Gasteiger partial charge < -0.3 is 10.1 Å². The van der Waals surface area contributed by atoms with E-state index < -0.39 is 0 Å². The number of hydrogen-bond acceptors (Lipinski definition) is 6. The van der Waals surface area contributed by atoms with Gasteiger partial charge in [-0.3, -0.25) is 9.36 Å². The van der Waals surface area contributed by atoms with Crippen LogP contribution >= 0.6 is 23.1 Å². The van der Waals surface area contributed by atoms with Gasteiger partial charge in [0.15, 0.2) is 5.16 Å². The summed E-state index contributed by atoms with van der Waals surface area (Å²) in [5.74, 6) is 0.355. The highest BCUT2D eigenvalue weighted by atomic mass is 32.2. The van der Waals surface area contributed by atoms with Crippen LogP contribution in [0.3, 0.4) is 0 Å². The van der Waals surface area contributed by atoms with E-state index in [4.69, 9.17) is 4.74 Å². The van der Waals surface area contributed by atoms with E-state index in [1.54, 1.807) is 30.1 Å². The van der Waals surface area contributed by atoms with Crippen LogP contribution in [-0.2, 0) is 4.79 Å². The molecular weight excluding hydrogens is 435 g/mol. The van der Waals surface area contributed by atoms with Gasteiger partial charge in [-0.25, -0.2) is 4.39 Å². The molecule has 0 fully saturated rings. The Kier molecular flexibility index (Phi) is 6.63. The largest absolute Gasteiger partial charge is 0.495 e. The van der Waals surface area contributed by atoms with Crippen LogP contribution in [0.15, 0.2) is 77.5 Å². The minimum atomic E-state index is -0.346. The fraction of sp³-hybridized carbons (Fsp3) is 0.136. The molecule has 31 heavy (non-hydrogen) atoms. The van der Waals surface area contributed by atoms with Crippen LogP contribution in [0.25, 0.3) is 5.69 Å². The van der Waals surface area contributed by atoms with E-state index in [0.29, 0.717) is 10.9 Å². The number of carbonyl (C=O) groups excluding carboxylic acids is 1. The van der Waals surface area contributed by atoms with Crippen molar-refractivity contribution in [1.29, 1.82) is 0 Å². The summed E-state index contributed by atoms with van der Waals surface area (Å²) in [6, 6.07) is 17.2. The van der Waals surface area contributed by atoms with Gasteiger partial charge in [0.2, 0.25) is 5.91 Å². The molecule has 1 N–H and O–H groups in total. The van der Waals surface area contributed by atoms with E-state index in [1.165, 1.54) is 35.2 Å². The molecule has 2 aromatic heterocycles. The molecule has 4 aromatic rings. The van der Waals surface area contributed by atoms with Crippen molar-refractivity contribution < 1.29 is 13.9 Å². The number of rotatable bonds is 8. The fourth-order valence-corrected chi connectivity index (χ4v) is 4.61. The average molecular weight is 455 g/mol. The predicted octanol–water partition coefficient (Wildman–Crippen LogP) is 4.47. The molecule has 0 bridgehead atoms. The van der Waals surface area contributed by atoms with Crippen molar-refractivity contribution >= 4 is 29.0 Å². The summed E-state index contributed by atoms with van der Waals surface area (Å²) in [4.78, 5) is 13.7. The number of para-hydroxylation sites is 2. The highest BCUT2D eigenvalue weighted by Gasteiger charge is 2.19. The number of ether oxygens (including phenoxy) is 1. The quantitative estimate of drug-likeness (QED) is 0.398. The van der Waals surface area contributed by atoms with E-state index in [0.717, 1.165) is 16.1 Å². The number of thiophene rings is 1. The monoisotopic (exact) mass is 454 g/mol. The SMILES string of the molecule is COc1ccccc1-n1cnnc1SCC(=O)N[C@@H](c1ccc(F)cc1)c1cccs1. The third-order valence-electron chi connectivity index (χ3n) is 4.53. The van der Waals surface area contributed by atoms with Crippen molar-refractivity contribution in [3.05, 3.63) is 88.6 Å². The zero-order valence-electron chi connectivity index (χ0n) is 16.6. The van der Waals surface area contributed by atoms with Crippen molar-refractivity contribution in [2.75, 3.05) is 12.9 Å². The smallest absolute Gasteiger partial charge is 0.231 e. The van der Waals surface area contributed by atoms with Crippen LogP contribution in [0.5, 0.6) is 5.75 Å². The van der Waals surface area contributed by atoms with Crippen LogP contribution < -0.4 is 10.1 Å². The molecule has 0 spiro atoms. The molecule has 2 heterocycles. The topological polar surface area (TPSA) is 69.0 Å². The molecule has 0 saturated heterocycles. The Morgan fingerprint density at radius 2 is 2.00 bits per heavy atom. The van der Waals surface area contributed by atoms with Crippen LogP contribution in [0, 0.1) is 5.82 Å². The third kappa shape index (κ3) is 4.95. The first kappa shape index (κ1) is 21.1. The number of hydrogen-bond donors (Lipinski definition) is 1. The molecule has 1 amide bonds. The minimum absolute atomic E-state index is 0.150. The maximum Gasteiger partial charge on any atom is 0.231 e. The van der Waals surface area contributed by atoms with Gasteiger partial charge in [0.1, 0.15) is 17.9 Å². The third-order valence-corrected chi connectivity index (χ3v) is 6.41. The molecule has 0 aliphatic rings. The van der Waals surface area contributed by atoms with E-state index in [2.05, 4.69) is 15.5 Å². The van der Waals surface area contributed by atoms with Crippen molar-refractivity contribution in [1.82, 2.24) is 20.1 Å². The Morgan fingerprint density at radius 3 is 2.74 bits per heavy atom. The summed E-state index contributed by atoms with van der Waals surface area (Å²) in [6.45, 7) is 0. The minimum Gasteiger partial charge on any atom is -0.495 e. The Hall–Kier alpha value is -3.17. The summed E-state index contributed by atoms with van der Waals surface area (Å²) in [5, 5.41) is 13.7. The Morgan fingerprint density at radius 1 is 1.19 bits per heavy atom. The maximum absolute atomic E-state index is 13.4. The summed E-state index contributed by atoms with van der Waals surface area (Å²) in [5.41, 5.74) is 1.61. The summed E-state index contributed by atoms with van der Waals surface area (Å²) < 4.78 is 20.5. The number of aromatic nitrogens is 3. The highest BCUT2D eigenvalue weighted by Crippen LogP contribution is 2.28. The Labute approximate surface area is 187 Å². The maximum atomic E-state index is 13.4. The number of carbonyl (C=O) groups is 1. The number of methoxy groups -OCH3 is 1. The van der Waals surface area contributed by atoms with Crippen LogP contribution in [-0.4, -0.2) is 33.5 Å². The van der Waals surface area contributed by atoms with Crippen molar-refractivity contribution in [2.24, 2.45) is 0 Å². The van der Waals surface area contributed by atoms with Gasteiger partial charge in [0.05, 0.1) is 24.6 Å². The molecule has 0 saturated carbocycles. The standard InChI is InChI=1S/C22H19FN4O2S2/c1-29-18-6-3-2-5-17(18)27-14-24-26-22(27)31-13-20(28)25-21(19-7-4-12-30-19)15-8-10-16(23)11-9-15/h2-12,14,21H,13H2,1H3,(H,25,28)/t21-/m0/s1. The van der Waals surface area contributed by atoms with Gasteiger partial charge >= 0.3 is 0 Å². The Bertz CT molecular complexity index is 1150. The van der Waals surface area contributed by atoms with Crippen molar-refractivity contribution in [3.8, 4) is 11.4 Å². The second-order valence-electron chi connectivity index (χ2n) is 6.51. The number of nitrogens with zero attached hydrogens (tertiary/aromatic N) is 3. The second kappa shape index (κ2) is 9.76. The molecule has 1 atom stereocenters. The number of thioether (sulfide) groups is 1. The number of nitrogens with one attached hydrogen (secondary N) is 1. The van der Waals surface area contributed by atoms with Crippen LogP contribution in [0.4, 0.5) is 4.39 Å². The van der Waals surface area contributed by atoms with Gasteiger partial charge in [-0.05, 0) is 41.3 Å². The lowest BCUT2D eigenvalue weighted by atomic mass is 10.1.